The van der Waals surface area contributed by atoms with Crippen molar-refractivity contribution < 1.29 is 13.5 Å². The number of alkyl halides is 2. The van der Waals surface area contributed by atoms with Crippen LogP contribution in [0.3, 0.4) is 0 Å². The van der Waals surface area contributed by atoms with Crippen molar-refractivity contribution in [3.63, 3.8) is 0 Å². The van der Waals surface area contributed by atoms with E-state index in [2.05, 4.69) is 20.0 Å². The van der Waals surface area contributed by atoms with Crippen LogP contribution in [-0.4, -0.2) is 16.6 Å². The van der Waals surface area contributed by atoms with Crippen LogP contribution >= 0.6 is 11.3 Å². The van der Waals surface area contributed by atoms with Gasteiger partial charge in [0.25, 0.3) is 0 Å². The Morgan fingerprint density at radius 2 is 2.00 bits per heavy atom. The number of nitrogens with one attached hydrogen (secondary N) is 1. The number of nitrogens with two attached hydrogens (primary N) is 1. The molecule has 108 valence electrons. The van der Waals surface area contributed by atoms with Gasteiger partial charge in [0.1, 0.15) is 16.4 Å². The van der Waals surface area contributed by atoms with Gasteiger partial charge in [-0.25, -0.2) is 4.98 Å². The van der Waals surface area contributed by atoms with Crippen molar-refractivity contribution in [3.8, 4) is 5.75 Å². The van der Waals surface area contributed by atoms with Crippen LogP contribution in [0.4, 0.5) is 26.2 Å². The number of nitrogens with zero attached hydrogens (tertiary/aromatic N) is 2. The maximum Gasteiger partial charge on any atom is 0.387 e. The molecule has 1 aromatic carbocycles. The van der Waals surface area contributed by atoms with E-state index in [-0.39, 0.29) is 11.7 Å². The third-order valence-corrected chi connectivity index (χ3v) is 3.51. The molecule has 0 unspecified atom stereocenters. The van der Waals surface area contributed by atoms with E-state index in [0.717, 1.165) is 10.2 Å². The first-order chi connectivity index (χ1) is 10.1. The van der Waals surface area contributed by atoms with Crippen LogP contribution in [0.5, 0.6) is 5.75 Å². The van der Waals surface area contributed by atoms with E-state index in [1.165, 1.54) is 17.4 Å². The Kier molecular flexibility index (Phi) is 3.53. The standard InChI is InChI=1S/C13H10F2N4OS/c14-12(15)20-9-4-2-1-3-8(9)17-10-7-5-6-21-11(7)19-13(16)18-10/h1-6,12H,(H3,16,17,18,19). The summed E-state index contributed by atoms with van der Waals surface area (Å²) in [6, 6.07) is 8.21. The normalized spacial score (nSPS) is 11.0. The van der Waals surface area contributed by atoms with E-state index in [1.807, 2.05) is 11.4 Å². The number of thiophene rings is 1. The summed E-state index contributed by atoms with van der Waals surface area (Å²) in [6.07, 6.45) is 0. The average molecular weight is 308 g/mol. The Morgan fingerprint density at radius 3 is 2.81 bits per heavy atom. The van der Waals surface area contributed by atoms with E-state index in [0.29, 0.717) is 11.5 Å². The van der Waals surface area contributed by atoms with Crippen molar-refractivity contribution in [3.05, 3.63) is 35.7 Å². The molecule has 0 atom stereocenters. The van der Waals surface area contributed by atoms with Gasteiger partial charge in [-0.3, -0.25) is 0 Å². The van der Waals surface area contributed by atoms with Gasteiger partial charge in [0.2, 0.25) is 5.95 Å². The fraction of sp³-hybridized carbons (Fsp3) is 0.0769. The molecular formula is C13H10F2N4OS. The summed E-state index contributed by atoms with van der Waals surface area (Å²) in [6.45, 7) is -2.90. The largest absolute Gasteiger partial charge is 0.433 e. The van der Waals surface area contributed by atoms with Gasteiger partial charge in [-0.05, 0) is 23.6 Å². The molecular weight excluding hydrogens is 298 g/mol. The van der Waals surface area contributed by atoms with E-state index in [1.54, 1.807) is 18.2 Å². The van der Waals surface area contributed by atoms with Crippen LogP contribution in [0.2, 0.25) is 0 Å². The van der Waals surface area contributed by atoms with Crippen molar-refractivity contribution in [2.24, 2.45) is 0 Å². The van der Waals surface area contributed by atoms with E-state index < -0.39 is 6.61 Å². The van der Waals surface area contributed by atoms with E-state index >= 15 is 0 Å². The minimum atomic E-state index is -2.90. The number of halogens is 2. The fourth-order valence-electron chi connectivity index (χ4n) is 1.86. The molecule has 0 fully saturated rings. The first kappa shape index (κ1) is 13.5. The Morgan fingerprint density at radius 1 is 1.19 bits per heavy atom. The molecule has 0 saturated carbocycles. The summed E-state index contributed by atoms with van der Waals surface area (Å²) in [4.78, 5) is 8.93. The summed E-state index contributed by atoms with van der Waals surface area (Å²) in [7, 11) is 0. The molecule has 5 nitrogen and oxygen atoms in total. The maximum atomic E-state index is 12.4. The molecule has 0 radical (unpaired) electrons. The zero-order chi connectivity index (χ0) is 14.8. The highest BCUT2D eigenvalue weighted by Crippen LogP contribution is 2.32. The monoisotopic (exact) mass is 308 g/mol. The molecule has 0 aliphatic rings. The number of para-hydroxylation sites is 2. The fourth-order valence-corrected chi connectivity index (χ4v) is 2.63. The van der Waals surface area contributed by atoms with Gasteiger partial charge < -0.3 is 15.8 Å². The van der Waals surface area contributed by atoms with Crippen LogP contribution in [0.25, 0.3) is 10.2 Å². The molecule has 0 aliphatic heterocycles. The SMILES string of the molecule is Nc1nc(Nc2ccccc2OC(F)F)c2ccsc2n1. The highest BCUT2D eigenvalue weighted by Gasteiger charge is 2.12. The second kappa shape index (κ2) is 5.49. The lowest BCUT2D eigenvalue weighted by Gasteiger charge is -2.12. The van der Waals surface area contributed by atoms with Gasteiger partial charge in [-0.15, -0.1) is 11.3 Å². The summed E-state index contributed by atoms with van der Waals surface area (Å²) >= 11 is 1.42. The molecule has 2 aromatic heterocycles. The molecule has 0 saturated heterocycles. The van der Waals surface area contributed by atoms with E-state index in [9.17, 15) is 8.78 Å². The van der Waals surface area contributed by atoms with Gasteiger partial charge in [0.05, 0.1) is 11.1 Å². The number of hydrogen-bond donors (Lipinski definition) is 2. The molecule has 21 heavy (non-hydrogen) atoms. The van der Waals surface area contributed by atoms with Gasteiger partial charge in [-0.2, -0.15) is 13.8 Å². The molecule has 0 bridgehead atoms. The number of fused-ring (bicyclic) bond motifs is 1. The van der Waals surface area contributed by atoms with Crippen molar-refractivity contribution in [2.75, 3.05) is 11.1 Å². The Hall–Kier alpha value is -2.48. The lowest BCUT2D eigenvalue weighted by molar-refractivity contribution is -0.0493. The summed E-state index contributed by atoms with van der Waals surface area (Å²) in [5.41, 5.74) is 6.03. The van der Waals surface area contributed by atoms with Crippen molar-refractivity contribution in [1.82, 2.24) is 9.97 Å². The number of ether oxygens (including phenoxy) is 1. The maximum absolute atomic E-state index is 12.4. The Bertz CT molecular complexity index is 778. The molecule has 3 N–H and O–H groups in total. The van der Waals surface area contributed by atoms with Crippen LogP contribution in [0.1, 0.15) is 0 Å². The minimum Gasteiger partial charge on any atom is -0.433 e. The van der Waals surface area contributed by atoms with E-state index in [4.69, 9.17) is 5.73 Å². The lowest BCUT2D eigenvalue weighted by Crippen LogP contribution is -2.05. The smallest absolute Gasteiger partial charge is 0.387 e. The van der Waals surface area contributed by atoms with Gasteiger partial charge in [-0.1, -0.05) is 12.1 Å². The quantitative estimate of drug-likeness (QED) is 0.770. The first-order valence-corrected chi connectivity index (χ1v) is 6.83. The molecule has 0 spiro atoms. The number of hydrogen-bond acceptors (Lipinski definition) is 6. The third kappa shape index (κ3) is 2.84. The molecule has 0 amide bonds. The summed E-state index contributed by atoms with van der Waals surface area (Å²) < 4.78 is 29.3. The first-order valence-electron chi connectivity index (χ1n) is 5.95. The average Bonchev–Trinajstić information content (AvgIpc) is 2.88. The zero-order valence-corrected chi connectivity index (χ0v) is 11.4. The number of nitrogen functional groups attached to an aromatic ring is 1. The highest BCUT2D eigenvalue weighted by atomic mass is 32.1. The molecule has 3 rings (SSSR count). The number of rotatable bonds is 4. The second-order valence-corrected chi connectivity index (χ2v) is 4.96. The molecule has 8 heteroatoms. The Labute approximate surface area is 122 Å². The third-order valence-electron chi connectivity index (χ3n) is 2.70. The van der Waals surface area contributed by atoms with Crippen molar-refractivity contribution in [1.29, 1.82) is 0 Å². The second-order valence-electron chi connectivity index (χ2n) is 4.07. The highest BCUT2D eigenvalue weighted by molar-refractivity contribution is 7.16. The molecule has 0 aliphatic carbocycles. The number of anilines is 3. The van der Waals surface area contributed by atoms with Crippen molar-refractivity contribution in [2.45, 2.75) is 6.61 Å². The predicted molar refractivity (Wildman–Crippen MR) is 78.2 cm³/mol. The number of benzene rings is 1. The summed E-state index contributed by atoms with van der Waals surface area (Å²) in [5, 5.41) is 5.58. The molecule has 2 heterocycles. The minimum absolute atomic E-state index is 0.0352. The van der Waals surface area contributed by atoms with Gasteiger partial charge >= 0.3 is 6.61 Å². The topological polar surface area (TPSA) is 73.1 Å². The van der Waals surface area contributed by atoms with Gasteiger partial charge in [0.15, 0.2) is 0 Å². The predicted octanol–water partition coefficient (Wildman–Crippen LogP) is 3.62. The number of aromatic nitrogens is 2. The molecule has 3 aromatic rings. The van der Waals surface area contributed by atoms with Crippen LogP contribution in [0.15, 0.2) is 35.7 Å². The van der Waals surface area contributed by atoms with Crippen LogP contribution in [-0.2, 0) is 0 Å². The van der Waals surface area contributed by atoms with Crippen LogP contribution in [0, 0.1) is 0 Å². The van der Waals surface area contributed by atoms with Crippen LogP contribution < -0.4 is 15.8 Å². The summed E-state index contributed by atoms with van der Waals surface area (Å²) in [5.74, 6) is 0.594. The zero-order valence-electron chi connectivity index (χ0n) is 10.6. The van der Waals surface area contributed by atoms with Crippen molar-refractivity contribution >= 4 is 39.0 Å². The van der Waals surface area contributed by atoms with Gasteiger partial charge in [0, 0.05) is 0 Å². The lowest BCUT2D eigenvalue weighted by atomic mass is 10.3. The Balaban J connectivity index is 2.01.